The number of hydrogen-bond acceptors (Lipinski definition) is 8. The van der Waals surface area contributed by atoms with Crippen molar-refractivity contribution in [2.75, 3.05) is 13.7 Å². The molecule has 0 bridgehead atoms. The number of benzene rings is 2. The normalized spacial score (nSPS) is 12.4. The summed E-state index contributed by atoms with van der Waals surface area (Å²) in [6, 6.07) is 14.1. The number of sulfonamides is 1. The maximum absolute atomic E-state index is 13.1. The Morgan fingerprint density at radius 1 is 1.03 bits per heavy atom. The Kier molecular flexibility index (Phi) is 10.9. The molecule has 0 aromatic heterocycles. The Morgan fingerprint density at radius 2 is 1.66 bits per heavy atom. The number of rotatable bonds is 10. The maximum Gasteiger partial charge on any atom is 0.423 e. The second kappa shape index (κ2) is 13.6. The van der Waals surface area contributed by atoms with Gasteiger partial charge in [-0.3, -0.25) is 4.79 Å². The molecule has 0 aliphatic heterocycles. The third-order valence-corrected chi connectivity index (χ3v) is 6.70. The topological polar surface area (TPSA) is 128 Å². The molecule has 11 heteroatoms. The minimum atomic E-state index is -4.23. The third-order valence-electron chi connectivity index (χ3n) is 4.95. The van der Waals surface area contributed by atoms with Crippen molar-refractivity contribution in [2.24, 2.45) is 0 Å². The van der Waals surface area contributed by atoms with Gasteiger partial charge in [0.05, 0.1) is 31.0 Å². The first kappa shape index (κ1) is 30.4. The largest absolute Gasteiger partial charge is 0.460 e. The van der Waals surface area contributed by atoms with Crippen molar-refractivity contribution in [3.63, 3.8) is 0 Å². The molecule has 0 aliphatic carbocycles. The highest BCUT2D eigenvalue weighted by Gasteiger charge is 2.29. The molecule has 2 amide bonds. The molecule has 2 aromatic rings. The average molecular weight is 547 g/mol. The zero-order valence-corrected chi connectivity index (χ0v) is 23.0. The number of alkyl carbamates (subject to hydrolysis) is 1. The van der Waals surface area contributed by atoms with Crippen LogP contribution in [0.5, 0.6) is 0 Å². The molecule has 10 nitrogen and oxygen atoms in total. The third kappa shape index (κ3) is 9.89. The molecule has 0 aliphatic rings. The Labute approximate surface area is 223 Å². The number of nitrogens with zero attached hydrogens (tertiary/aromatic N) is 1. The van der Waals surface area contributed by atoms with Crippen LogP contribution in [0.3, 0.4) is 0 Å². The quantitative estimate of drug-likeness (QED) is 0.265. The molecule has 38 heavy (non-hydrogen) atoms. The number of carbonyl (C=O) groups excluding carboxylic acids is 3. The predicted molar refractivity (Wildman–Crippen MR) is 141 cm³/mol. The predicted octanol–water partition coefficient (Wildman–Crippen LogP) is 4.34. The van der Waals surface area contributed by atoms with E-state index in [1.807, 2.05) is 18.2 Å². The van der Waals surface area contributed by atoms with Gasteiger partial charge in [0.1, 0.15) is 12.2 Å². The summed E-state index contributed by atoms with van der Waals surface area (Å²) in [5.41, 5.74) is 0.878. The van der Waals surface area contributed by atoms with Crippen molar-refractivity contribution in [2.45, 2.75) is 57.3 Å². The first-order valence-electron chi connectivity index (χ1n) is 11.8. The number of hydrogen-bond donors (Lipinski definition) is 1. The van der Waals surface area contributed by atoms with Crippen LogP contribution >= 0.6 is 0 Å². The summed E-state index contributed by atoms with van der Waals surface area (Å²) < 4.78 is 41.9. The number of esters is 1. The van der Waals surface area contributed by atoms with Crippen LogP contribution in [0.4, 0.5) is 9.59 Å². The Hall–Kier alpha value is -3.86. The second-order valence-electron chi connectivity index (χ2n) is 9.35. The number of aryl methyl sites for hydroxylation is 1. The van der Waals surface area contributed by atoms with E-state index in [9.17, 15) is 22.8 Å². The second-order valence-corrected chi connectivity index (χ2v) is 11.2. The van der Waals surface area contributed by atoms with E-state index < -0.39 is 46.4 Å². The first-order chi connectivity index (χ1) is 17.8. The molecular formula is C27H34N2O8S. The molecule has 0 fully saturated rings. The van der Waals surface area contributed by atoms with Crippen LogP contribution in [0.1, 0.15) is 38.3 Å². The van der Waals surface area contributed by atoms with Gasteiger partial charge in [-0.25, -0.2) is 18.0 Å². The van der Waals surface area contributed by atoms with Gasteiger partial charge in [0, 0.05) is 0 Å². The van der Waals surface area contributed by atoms with E-state index in [0.717, 1.165) is 18.2 Å². The molecule has 1 atom stereocenters. The van der Waals surface area contributed by atoms with Gasteiger partial charge < -0.3 is 19.5 Å². The summed E-state index contributed by atoms with van der Waals surface area (Å²) in [4.78, 5) is 37.1. The van der Waals surface area contributed by atoms with Gasteiger partial charge in [0.25, 0.3) is 10.0 Å². The zero-order chi connectivity index (χ0) is 28.3. The number of nitrogens with one attached hydrogen (secondary N) is 1. The standard InChI is InChI=1S/C27H34N2O8S/c1-20-13-15-23(16-14-20)38(33,34)29(26(32)35-5)17-9-12-22(18-24(30)37-27(2,3)4)28-25(31)36-19-21-10-7-6-8-11-21/h6-16,22H,17-19H2,1-5H3,(H,28,31)/b12-9+/t22-/m1/s1. The summed E-state index contributed by atoms with van der Waals surface area (Å²) in [5, 5.41) is 2.56. The van der Waals surface area contributed by atoms with Gasteiger partial charge in [-0.2, -0.15) is 4.31 Å². The van der Waals surface area contributed by atoms with E-state index in [2.05, 4.69) is 10.1 Å². The van der Waals surface area contributed by atoms with Crippen LogP contribution < -0.4 is 5.32 Å². The molecule has 0 heterocycles. The highest BCUT2D eigenvalue weighted by molar-refractivity contribution is 7.89. The van der Waals surface area contributed by atoms with Crippen molar-refractivity contribution < 1.29 is 37.0 Å². The molecule has 2 aromatic carbocycles. The lowest BCUT2D eigenvalue weighted by molar-refractivity contribution is -0.155. The Balaban J connectivity index is 2.18. The van der Waals surface area contributed by atoms with E-state index in [1.54, 1.807) is 52.0 Å². The maximum atomic E-state index is 13.1. The highest BCUT2D eigenvalue weighted by Crippen LogP contribution is 2.18. The summed E-state index contributed by atoms with van der Waals surface area (Å²) in [6.45, 7) is 6.54. The SMILES string of the molecule is COC(=O)N(C/C=C/[C@H](CC(=O)OC(C)(C)C)NC(=O)OCc1ccccc1)S(=O)(=O)c1ccc(C)cc1. The van der Waals surface area contributed by atoms with Crippen molar-refractivity contribution in [3.05, 3.63) is 77.9 Å². The highest BCUT2D eigenvalue weighted by atomic mass is 32.2. The Morgan fingerprint density at radius 3 is 2.24 bits per heavy atom. The molecule has 206 valence electrons. The van der Waals surface area contributed by atoms with Gasteiger partial charge in [-0.05, 0) is 45.4 Å². The fraction of sp³-hybridized carbons (Fsp3) is 0.370. The number of amides is 2. The van der Waals surface area contributed by atoms with E-state index >= 15 is 0 Å². The van der Waals surface area contributed by atoms with Crippen LogP contribution in [-0.4, -0.2) is 56.2 Å². The van der Waals surface area contributed by atoms with Gasteiger partial charge in [0.2, 0.25) is 0 Å². The molecule has 1 N–H and O–H groups in total. The van der Waals surface area contributed by atoms with Crippen LogP contribution in [0.25, 0.3) is 0 Å². The number of carbonyl (C=O) groups is 3. The van der Waals surface area contributed by atoms with E-state index in [0.29, 0.717) is 4.31 Å². The summed E-state index contributed by atoms with van der Waals surface area (Å²) in [6.07, 6.45) is 0.610. The molecule has 0 saturated heterocycles. The van der Waals surface area contributed by atoms with Crippen molar-refractivity contribution in [1.29, 1.82) is 0 Å². The molecule has 2 rings (SSSR count). The zero-order valence-electron chi connectivity index (χ0n) is 22.2. The first-order valence-corrected chi connectivity index (χ1v) is 13.3. The van der Waals surface area contributed by atoms with Gasteiger partial charge >= 0.3 is 18.2 Å². The van der Waals surface area contributed by atoms with Gasteiger partial charge in [-0.1, -0.05) is 60.2 Å². The minimum Gasteiger partial charge on any atom is -0.460 e. The van der Waals surface area contributed by atoms with Crippen LogP contribution in [-0.2, 0) is 35.6 Å². The fourth-order valence-corrected chi connectivity index (χ4v) is 4.46. The van der Waals surface area contributed by atoms with E-state index in [1.165, 1.54) is 24.3 Å². The smallest absolute Gasteiger partial charge is 0.423 e. The molecule has 0 unspecified atom stereocenters. The van der Waals surface area contributed by atoms with Crippen molar-refractivity contribution in [3.8, 4) is 0 Å². The summed E-state index contributed by atoms with van der Waals surface area (Å²) in [5.74, 6) is -0.590. The summed E-state index contributed by atoms with van der Waals surface area (Å²) >= 11 is 0. The van der Waals surface area contributed by atoms with Gasteiger partial charge in [0.15, 0.2) is 0 Å². The molecule has 0 spiro atoms. The Bertz CT molecular complexity index is 1220. The van der Waals surface area contributed by atoms with E-state index in [-0.39, 0.29) is 17.9 Å². The lowest BCUT2D eigenvalue weighted by Crippen LogP contribution is -2.38. The molecular weight excluding hydrogens is 512 g/mol. The molecule has 0 radical (unpaired) electrons. The summed E-state index contributed by atoms with van der Waals surface area (Å²) in [7, 11) is -3.16. The lowest BCUT2D eigenvalue weighted by Gasteiger charge is -2.22. The van der Waals surface area contributed by atoms with Crippen molar-refractivity contribution >= 4 is 28.2 Å². The number of ether oxygens (including phenoxy) is 3. The fourth-order valence-electron chi connectivity index (χ4n) is 3.18. The lowest BCUT2D eigenvalue weighted by atomic mass is 10.1. The van der Waals surface area contributed by atoms with Crippen LogP contribution in [0, 0.1) is 6.92 Å². The van der Waals surface area contributed by atoms with Gasteiger partial charge in [-0.15, -0.1) is 0 Å². The van der Waals surface area contributed by atoms with Crippen LogP contribution in [0.15, 0.2) is 71.6 Å². The van der Waals surface area contributed by atoms with Crippen LogP contribution in [0.2, 0.25) is 0 Å². The minimum absolute atomic E-state index is 0.0143. The van der Waals surface area contributed by atoms with Crippen molar-refractivity contribution in [1.82, 2.24) is 9.62 Å². The monoisotopic (exact) mass is 546 g/mol. The molecule has 0 saturated carbocycles. The van der Waals surface area contributed by atoms with E-state index in [4.69, 9.17) is 9.47 Å². The number of methoxy groups -OCH3 is 1. The average Bonchev–Trinajstić information content (AvgIpc) is 2.84.